The van der Waals surface area contributed by atoms with Crippen molar-refractivity contribution in [2.75, 3.05) is 0 Å². The van der Waals surface area contributed by atoms with E-state index in [1.807, 2.05) is 6.92 Å². The zero-order valence-electron chi connectivity index (χ0n) is 9.82. The summed E-state index contributed by atoms with van der Waals surface area (Å²) in [6.07, 6.45) is 6.70. The molecule has 0 aromatic heterocycles. The number of carboxylic acid groups (broad SMARTS) is 1. The van der Waals surface area contributed by atoms with Crippen molar-refractivity contribution in [2.45, 2.75) is 45.6 Å². The summed E-state index contributed by atoms with van der Waals surface area (Å²) in [6.45, 7) is 3.69. The summed E-state index contributed by atoms with van der Waals surface area (Å²) in [7, 11) is 0. The molecule has 1 amide bonds. The van der Waals surface area contributed by atoms with Crippen LogP contribution in [-0.2, 0) is 9.59 Å². The standard InChI is InChI=1S/C12H19NO3/c1-4-6-10(5-2)13-11(14)7-9(3)8-12(15)16/h1,9-10H,5-8H2,2-3H3,(H,13,14)(H,15,16). The molecular weight excluding hydrogens is 206 g/mol. The Bertz CT molecular complexity index is 280. The van der Waals surface area contributed by atoms with Gasteiger partial charge in [-0.05, 0) is 12.3 Å². The van der Waals surface area contributed by atoms with Gasteiger partial charge in [0.25, 0.3) is 0 Å². The fourth-order valence-electron chi connectivity index (χ4n) is 1.41. The van der Waals surface area contributed by atoms with E-state index in [0.717, 1.165) is 6.42 Å². The lowest BCUT2D eigenvalue weighted by Gasteiger charge is -2.15. The molecule has 0 fully saturated rings. The van der Waals surface area contributed by atoms with Crippen LogP contribution in [0.1, 0.15) is 39.5 Å². The van der Waals surface area contributed by atoms with E-state index >= 15 is 0 Å². The van der Waals surface area contributed by atoms with E-state index in [1.54, 1.807) is 6.92 Å². The molecule has 0 rings (SSSR count). The van der Waals surface area contributed by atoms with Gasteiger partial charge in [-0.25, -0.2) is 0 Å². The number of carbonyl (C=O) groups excluding carboxylic acids is 1. The first-order valence-corrected chi connectivity index (χ1v) is 5.44. The van der Waals surface area contributed by atoms with Gasteiger partial charge in [0.2, 0.25) is 5.91 Å². The molecule has 2 unspecified atom stereocenters. The maximum atomic E-state index is 11.5. The van der Waals surface area contributed by atoms with E-state index in [-0.39, 0.29) is 30.7 Å². The minimum absolute atomic E-state index is 0.00507. The first kappa shape index (κ1) is 14.5. The van der Waals surface area contributed by atoms with Gasteiger partial charge in [0, 0.05) is 25.3 Å². The molecule has 2 N–H and O–H groups in total. The van der Waals surface area contributed by atoms with Gasteiger partial charge in [0.1, 0.15) is 0 Å². The second-order valence-electron chi connectivity index (χ2n) is 3.99. The average Bonchev–Trinajstić information content (AvgIpc) is 2.15. The zero-order valence-corrected chi connectivity index (χ0v) is 9.82. The summed E-state index contributed by atoms with van der Waals surface area (Å²) in [6, 6.07) is -0.00507. The molecule has 0 heterocycles. The van der Waals surface area contributed by atoms with Crippen molar-refractivity contribution in [3.8, 4) is 12.3 Å². The molecule has 0 saturated heterocycles. The summed E-state index contributed by atoms with van der Waals surface area (Å²) in [5.41, 5.74) is 0. The van der Waals surface area contributed by atoms with E-state index in [9.17, 15) is 9.59 Å². The third kappa shape index (κ3) is 6.88. The van der Waals surface area contributed by atoms with Crippen LogP contribution in [0, 0.1) is 18.3 Å². The highest BCUT2D eigenvalue weighted by Gasteiger charge is 2.14. The summed E-state index contributed by atoms with van der Waals surface area (Å²) >= 11 is 0. The summed E-state index contributed by atoms with van der Waals surface area (Å²) < 4.78 is 0. The van der Waals surface area contributed by atoms with Crippen LogP contribution in [0.4, 0.5) is 0 Å². The number of carbonyl (C=O) groups is 2. The lowest BCUT2D eigenvalue weighted by molar-refractivity contribution is -0.138. The number of nitrogens with one attached hydrogen (secondary N) is 1. The first-order chi connectivity index (χ1) is 7.49. The predicted molar refractivity (Wildman–Crippen MR) is 61.7 cm³/mol. The highest BCUT2D eigenvalue weighted by atomic mass is 16.4. The minimum Gasteiger partial charge on any atom is -0.481 e. The van der Waals surface area contributed by atoms with Gasteiger partial charge in [-0.1, -0.05) is 13.8 Å². The Labute approximate surface area is 96.4 Å². The lowest BCUT2D eigenvalue weighted by Crippen LogP contribution is -2.35. The van der Waals surface area contributed by atoms with Crippen molar-refractivity contribution in [3.63, 3.8) is 0 Å². The molecule has 0 aliphatic rings. The van der Waals surface area contributed by atoms with E-state index in [2.05, 4.69) is 11.2 Å². The second-order valence-corrected chi connectivity index (χ2v) is 3.99. The quantitative estimate of drug-likeness (QED) is 0.644. The number of aliphatic carboxylic acids is 1. The molecule has 0 aromatic carbocycles. The molecule has 4 nitrogen and oxygen atoms in total. The summed E-state index contributed by atoms with van der Waals surface area (Å²) in [5.74, 6) is 1.34. The molecule has 0 radical (unpaired) electrons. The number of hydrogen-bond acceptors (Lipinski definition) is 2. The Balaban J connectivity index is 3.97. The number of carboxylic acids is 1. The van der Waals surface area contributed by atoms with Gasteiger partial charge in [-0.2, -0.15) is 0 Å². The molecule has 0 aliphatic carbocycles. The van der Waals surface area contributed by atoms with Crippen LogP contribution >= 0.6 is 0 Å². The Morgan fingerprint density at radius 3 is 2.50 bits per heavy atom. The first-order valence-electron chi connectivity index (χ1n) is 5.44. The van der Waals surface area contributed by atoms with Crippen molar-refractivity contribution in [1.29, 1.82) is 0 Å². The van der Waals surface area contributed by atoms with Crippen LogP contribution in [0.5, 0.6) is 0 Å². The van der Waals surface area contributed by atoms with Gasteiger partial charge in [-0.15, -0.1) is 12.3 Å². The van der Waals surface area contributed by atoms with Crippen molar-refractivity contribution >= 4 is 11.9 Å². The van der Waals surface area contributed by atoms with Gasteiger partial charge in [-0.3, -0.25) is 9.59 Å². The van der Waals surface area contributed by atoms with Crippen LogP contribution in [0.25, 0.3) is 0 Å². The molecule has 0 saturated carbocycles. The van der Waals surface area contributed by atoms with Crippen molar-refractivity contribution in [3.05, 3.63) is 0 Å². The van der Waals surface area contributed by atoms with Gasteiger partial charge in [0.15, 0.2) is 0 Å². The smallest absolute Gasteiger partial charge is 0.303 e. The lowest BCUT2D eigenvalue weighted by atomic mass is 10.0. The normalized spacial score (nSPS) is 13.6. The maximum absolute atomic E-state index is 11.5. The highest BCUT2D eigenvalue weighted by Crippen LogP contribution is 2.08. The monoisotopic (exact) mass is 225 g/mol. The van der Waals surface area contributed by atoms with Crippen molar-refractivity contribution < 1.29 is 14.7 Å². The Morgan fingerprint density at radius 2 is 2.06 bits per heavy atom. The van der Waals surface area contributed by atoms with Gasteiger partial charge < -0.3 is 10.4 Å². The fraction of sp³-hybridized carbons (Fsp3) is 0.667. The van der Waals surface area contributed by atoms with E-state index in [1.165, 1.54) is 0 Å². The van der Waals surface area contributed by atoms with Crippen LogP contribution in [0.3, 0.4) is 0 Å². The van der Waals surface area contributed by atoms with E-state index in [4.69, 9.17) is 11.5 Å². The summed E-state index contributed by atoms with van der Waals surface area (Å²) in [5, 5.41) is 11.3. The number of amides is 1. The average molecular weight is 225 g/mol. The van der Waals surface area contributed by atoms with Crippen LogP contribution < -0.4 is 5.32 Å². The van der Waals surface area contributed by atoms with Crippen LogP contribution in [0.2, 0.25) is 0 Å². The SMILES string of the molecule is C#CCC(CC)NC(=O)CC(C)CC(=O)O. The third-order valence-electron chi connectivity index (χ3n) is 2.28. The van der Waals surface area contributed by atoms with Crippen molar-refractivity contribution in [1.82, 2.24) is 5.32 Å². The molecule has 90 valence electrons. The van der Waals surface area contributed by atoms with Crippen LogP contribution in [0.15, 0.2) is 0 Å². The second kappa shape index (κ2) is 7.75. The Hall–Kier alpha value is -1.50. The largest absolute Gasteiger partial charge is 0.481 e. The Morgan fingerprint density at radius 1 is 1.44 bits per heavy atom. The van der Waals surface area contributed by atoms with Gasteiger partial charge >= 0.3 is 5.97 Å². The number of hydrogen-bond donors (Lipinski definition) is 2. The molecule has 4 heteroatoms. The van der Waals surface area contributed by atoms with Crippen molar-refractivity contribution in [2.24, 2.45) is 5.92 Å². The van der Waals surface area contributed by atoms with Gasteiger partial charge in [0.05, 0.1) is 0 Å². The number of terminal acetylenes is 1. The fourth-order valence-corrected chi connectivity index (χ4v) is 1.41. The molecule has 0 spiro atoms. The summed E-state index contributed by atoms with van der Waals surface area (Å²) in [4.78, 5) is 21.9. The molecule has 0 aliphatic heterocycles. The molecule has 0 aromatic rings. The molecule has 2 atom stereocenters. The molecule has 16 heavy (non-hydrogen) atoms. The van der Waals surface area contributed by atoms with Crippen LogP contribution in [-0.4, -0.2) is 23.0 Å². The Kier molecular flexibility index (Phi) is 7.02. The topological polar surface area (TPSA) is 66.4 Å². The minimum atomic E-state index is -0.879. The third-order valence-corrected chi connectivity index (χ3v) is 2.28. The predicted octanol–water partition coefficient (Wildman–Crippen LogP) is 1.41. The molecular formula is C12H19NO3. The highest BCUT2D eigenvalue weighted by molar-refractivity contribution is 5.77. The number of rotatable bonds is 7. The van der Waals surface area contributed by atoms with E-state index < -0.39 is 5.97 Å². The maximum Gasteiger partial charge on any atom is 0.303 e. The zero-order chi connectivity index (χ0) is 12.6. The van der Waals surface area contributed by atoms with E-state index in [0.29, 0.717) is 6.42 Å². The molecule has 0 bridgehead atoms.